The smallest absolute Gasteiger partial charge is 0.191 e. The second-order valence-corrected chi connectivity index (χ2v) is 6.54. The van der Waals surface area contributed by atoms with Crippen LogP contribution in [0.15, 0.2) is 53.5 Å². The lowest BCUT2D eigenvalue weighted by atomic mass is 10.3. The van der Waals surface area contributed by atoms with Crippen LogP contribution in [0.4, 0.5) is 4.39 Å². The summed E-state index contributed by atoms with van der Waals surface area (Å²) in [5, 5.41) is 6.48. The Morgan fingerprint density at radius 3 is 2.79 bits per heavy atom. The molecule has 3 rings (SSSR count). The average molecular weight is 383 g/mol. The number of imidazole rings is 1. The van der Waals surface area contributed by atoms with Gasteiger partial charge in [0.05, 0.1) is 17.6 Å². The standard InChI is InChI=1S/C21H26FN5O/c1-4-23-21(24-13-15(2)28-17-9-7-8-16(22)12-17)25-14-20-26-18-10-5-6-11-19(18)27(20)3/h5-12,15H,4,13-14H2,1-3H3,(H2,23,24,25). The summed E-state index contributed by atoms with van der Waals surface area (Å²) in [5.74, 6) is 1.78. The fourth-order valence-corrected chi connectivity index (χ4v) is 2.88. The maximum atomic E-state index is 13.3. The number of guanidine groups is 1. The zero-order valence-electron chi connectivity index (χ0n) is 16.4. The summed E-state index contributed by atoms with van der Waals surface area (Å²) in [4.78, 5) is 9.27. The topological polar surface area (TPSA) is 63.5 Å². The van der Waals surface area contributed by atoms with E-state index in [2.05, 4.69) is 25.2 Å². The van der Waals surface area contributed by atoms with Crippen LogP contribution < -0.4 is 15.4 Å². The molecule has 2 N–H and O–H groups in total. The van der Waals surface area contributed by atoms with Crippen molar-refractivity contribution in [2.24, 2.45) is 12.0 Å². The molecule has 0 aliphatic rings. The van der Waals surface area contributed by atoms with Gasteiger partial charge in [-0.3, -0.25) is 0 Å². The van der Waals surface area contributed by atoms with Gasteiger partial charge in [0.2, 0.25) is 0 Å². The molecule has 0 saturated carbocycles. The molecule has 28 heavy (non-hydrogen) atoms. The number of nitrogens with zero attached hydrogens (tertiary/aromatic N) is 3. The lowest BCUT2D eigenvalue weighted by Crippen LogP contribution is -2.41. The van der Waals surface area contributed by atoms with Crippen LogP contribution in [0.1, 0.15) is 19.7 Å². The number of nitrogens with one attached hydrogen (secondary N) is 2. The van der Waals surface area contributed by atoms with Crippen LogP contribution in [0.3, 0.4) is 0 Å². The lowest BCUT2D eigenvalue weighted by molar-refractivity contribution is 0.223. The van der Waals surface area contributed by atoms with Gasteiger partial charge in [0.25, 0.3) is 0 Å². The summed E-state index contributed by atoms with van der Waals surface area (Å²) in [7, 11) is 2.00. The van der Waals surface area contributed by atoms with E-state index in [4.69, 9.17) is 4.74 Å². The van der Waals surface area contributed by atoms with Crippen LogP contribution in [-0.4, -0.2) is 34.7 Å². The molecule has 0 radical (unpaired) electrons. The number of aliphatic imine (C=N–C) groups is 1. The molecule has 0 aliphatic carbocycles. The van der Waals surface area contributed by atoms with Gasteiger partial charge in [-0.15, -0.1) is 0 Å². The molecule has 7 heteroatoms. The van der Waals surface area contributed by atoms with Crippen LogP contribution in [0.5, 0.6) is 5.75 Å². The van der Waals surface area contributed by atoms with Crippen molar-refractivity contribution in [1.29, 1.82) is 0 Å². The Balaban J connectivity index is 1.61. The van der Waals surface area contributed by atoms with Gasteiger partial charge < -0.3 is 19.9 Å². The molecule has 0 amide bonds. The minimum Gasteiger partial charge on any atom is -0.489 e. The molecule has 1 atom stereocenters. The molecule has 1 aromatic heterocycles. The molecule has 0 fully saturated rings. The minimum atomic E-state index is -0.310. The molecule has 2 aromatic carbocycles. The van der Waals surface area contributed by atoms with Gasteiger partial charge in [-0.1, -0.05) is 18.2 Å². The van der Waals surface area contributed by atoms with Gasteiger partial charge in [0.1, 0.15) is 30.0 Å². The number of halogens is 1. The Morgan fingerprint density at radius 1 is 1.21 bits per heavy atom. The monoisotopic (exact) mass is 383 g/mol. The third-order valence-electron chi connectivity index (χ3n) is 4.29. The molecule has 3 aromatic rings. The van der Waals surface area contributed by atoms with E-state index in [1.54, 1.807) is 12.1 Å². The first-order valence-electron chi connectivity index (χ1n) is 9.41. The highest BCUT2D eigenvalue weighted by molar-refractivity contribution is 5.80. The van der Waals surface area contributed by atoms with E-state index in [1.807, 2.05) is 45.2 Å². The van der Waals surface area contributed by atoms with Crippen molar-refractivity contribution < 1.29 is 9.13 Å². The molecule has 1 heterocycles. The molecule has 0 aliphatic heterocycles. The van der Waals surface area contributed by atoms with E-state index in [0.717, 1.165) is 23.4 Å². The first-order valence-corrected chi connectivity index (χ1v) is 9.41. The van der Waals surface area contributed by atoms with Crippen molar-refractivity contribution in [2.75, 3.05) is 13.1 Å². The second kappa shape index (κ2) is 9.21. The summed E-state index contributed by atoms with van der Waals surface area (Å²) < 4.78 is 21.1. The van der Waals surface area contributed by atoms with Gasteiger partial charge in [0.15, 0.2) is 5.96 Å². The van der Waals surface area contributed by atoms with Crippen molar-refractivity contribution in [1.82, 2.24) is 20.2 Å². The maximum Gasteiger partial charge on any atom is 0.191 e. The average Bonchev–Trinajstić information content (AvgIpc) is 3.00. The number of hydrogen-bond donors (Lipinski definition) is 2. The van der Waals surface area contributed by atoms with E-state index in [1.165, 1.54) is 12.1 Å². The summed E-state index contributed by atoms with van der Waals surface area (Å²) in [6.45, 7) is 5.67. The van der Waals surface area contributed by atoms with E-state index in [0.29, 0.717) is 24.8 Å². The highest BCUT2D eigenvalue weighted by Gasteiger charge is 2.09. The zero-order valence-corrected chi connectivity index (χ0v) is 16.4. The second-order valence-electron chi connectivity index (χ2n) is 6.54. The summed E-state index contributed by atoms with van der Waals surface area (Å²) in [6, 6.07) is 14.2. The summed E-state index contributed by atoms with van der Waals surface area (Å²) in [6.07, 6.45) is -0.151. The molecule has 0 bridgehead atoms. The van der Waals surface area contributed by atoms with E-state index >= 15 is 0 Å². The fourth-order valence-electron chi connectivity index (χ4n) is 2.88. The third kappa shape index (κ3) is 5.00. The predicted molar refractivity (Wildman–Crippen MR) is 110 cm³/mol. The Bertz CT molecular complexity index is 953. The van der Waals surface area contributed by atoms with Gasteiger partial charge in [-0.2, -0.15) is 0 Å². The summed E-state index contributed by atoms with van der Waals surface area (Å²) >= 11 is 0. The van der Waals surface area contributed by atoms with Crippen molar-refractivity contribution >= 4 is 17.0 Å². The van der Waals surface area contributed by atoms with Crippen LogP contribution in [-0.2, 0) is 13.6 Å². The van der Waals surface area contributed by atoms with Gasteiger partial charge in [-0.25, -0.2) is 14.4 Å². The predicted octanol–water partition coefficient (Wildman–Crippen LogP) is 3.24. The van der Waals surface area contributed by atoms with Gasteiger partial charge >= 0.3 is 0 Å². The first kappa shape index (κ1) is 19.7. The molecule has 1 unspecified atom stereocenters. The Morgan fingerprint density at radius 2 is 2.04 bits per heavy atom. The number of benzene rings is 2. The Kier molecular flexibility index (Phi) is 6.47. The number of fused-ring (bicyclic) bond motifs is 1. The lowest BCUT2D eigenvalue weighted by Gasteiger charge is -2.17. The SMILES string of the molecule is CCNC(=NCc1nc2ccccc2n1C)NCC(C)Oc1cccc(F)c1. The minimum absolute atomic E-state index is 0.151. The molecular weight excluding hydrogens is 357 g/mol. The molecule has 0 spiro atoms. The van der Waals surface area contributed by atoms with Crippen LogP contribution in [0.2, 0.25) is 0 Å². The van der Waals surface area contributed by atoms with E-state index in [-0.39, 0.29) is 11.9 Å². The number of rotatable bonds is 7. The molecule has 6 nitrogen and oxygen atoms in total. The van der Waals surface area contributed by atoms with Crippen LogP contribution in [0, 0.1) is 5.82 Å². The van der Waals surface area contributed by atoms with Gasteiger partial charge in [-0.05, 0) is 38.1 Å². The fraction of sp³-hybridized carbons (Fsp3) is 0.333. The molecule has 148 valence electrons. The van der Waals surface area contributed by atoms with Crippen molar-refractivity contribution in [3.63, 3.8) is 0 Å². The van der Waals surface area contributed by atoms with Crippen LogP contribution in [0.25, 0.3) is 11.0 Å². The quantitative estimate of drug-likeness (QED) is 0.486. The summed E-state index contributed by atoms with van der Waals surface area (Å²) in [5.41, 5.74) is 2.05. The number of aromatic nitrogens is 2. The normalized spacial score (nSPS) is 12.8. The van der Waals surface area contributed by atoms with E-state index < -0.39 is 0 Å². The number of hydrogen-bond acceptors (Lipinski definition) is 3. The third-order valence-corrected chi connectivity index (χ3v) is 4.29. The highest BCUT2D eigenvalue weighted by Crippen LogP contribution is 2.15. The molecular formula is C21H26FN5O. The molecule has 0 saturated heterocycles. The number of aryl methyl sites for hydroxylation is 1. The number of para-hydroxylation sites is 2. The van der Waals surface area contributed by atoms with Gasteiger partial charge in [0, 0.05) is 19.7 Å². The van der Waals surface area contributed by atoms with Crippen LogP contribution >= 0.6 is 0 Å². The zero-order chi connectivity index (χ0) is 19.9. The largest absolute Gasteiger partial charge is 0.489 e. The van der Waals surface area contributed by atoms with Crippen molar-refractivity contribution in [3.05, 3.63) is 60.2 Å². The van der Waals surface area contributed by atoms with E-state index in [9.17, 15) is 4.39 Å². The van der Waals surface area contributed by atoms with Crippen molar-refractivity contribution in [2.45, 2.75) is 26.5 Å². The number of ether oxygens (including phenoxy) is 1. The first-order chi connectivity index (χ1) is 13.6. The Hall–Kier alpha value is -3.09. The Labute approximate surface area is 164 Å². The maximum absolute atomic E-state index is 13.3. The van der Waals surface area contributed by atoms with Crippen molar-refractivity contribution in [3.8, 4) is 5.75 Å². The highest BCUT2D eigenvalue weighted by atomic mass is 19.1.